The topological polar surface area (TPSA) is 86.6 Å². The second-order valence-corrected chi connectivity index (χ2v) is 5.31. The fourth-order valence-corrected chi connectivity index (χ4v) is 2.39. The minimum Gasteiger partial charge on any atom is -0.507 e. The number of carboxylic acids is 1. The highest BCUT2D eigenvalue weighted by atomic mass is 32.1. The van der Waals surface area contributed by atoms with Gasteiger partial charge in [0, 0.05) is 22.2 Å². The standard InChI is InChI=1S/C15H13NO4S/c1-9(7-11-3-2-6-21-11)14(18)16-10-4-5-12(15(19)20)13(17)8-10/h2-8,17H,1H3,(H,16,18)(H,19,20). The third-order valence-corrected chi connectivity index (χ3v) is 3.57. The summed E-state index contributed by atoms with van der Waals surface area (Å²) in [6, 6.07) is 7.67. The molecule has 0 aliphatic rings. The van der Waals surface area contributed by atoms with Gasteiger partial charge < -0.3 is 15.5 Å². The first kappa shape index (κ1) is 14.8. The van der Waals surface area contributed by atoms with E-state index in [1.54, 1.807) is 13.0 Å². The van der Waals surface area contributed by atoms with Crippen molar-refractivity contribution in [2.24, 2.45) is 0 Å². The van der Waals surface area contributed by atoms with Crippen LogP contribution in [-0.4, -0.2) is 22.1 Å². The van der Waals surface area contributed by atoms with E-state index in [-0.39, 0.29) is 17.2 Å². The summed E-state index contributed by atoms with van der Waals surface area (Å²) in [5.41, 5.74) is 0.638. The number of benzene rings is 1. The van der Waals surface area contributed by atoms with Crippen molar-refractivity contribution in [2.45, 2.75) is 6.92 Å². The fourth-order valence-electron chi connectivity index (χ4n) is 1.67. The van der Waals surface area contributed by atoms with E-state index in [1.165, 1.54) is 29.5 Å². The highest BCUT2D eigenvalue weighted by Gasteiger charge is 2.11. The second-order valence-electron chi connectivity index (χ2n) is 4.33. The highest BCUT2D eigenvalue weighted by Crippen LogP contribution is 2.22. The lowest BCUT2D eigenvalue weighted by molar-refractivity contribution is -0.112. The Morgan fingerprint density at radius 3 is 2.62 bits per heavy atom. The number of carbonyl (C=O) groups is 2. The van der Waals surface area contributed by atoms with Crippen LogP contribution < -0.4 is 5.32 Å². The lowest BCUT2D eigenvalue weighted by atomic mass is 10.1. The van der Waals surface area contributed by atoms with Crippen molar-refractivity contribution >= 4 is 35.0 Å². The molecule has 0 radical (unpaired) electrons. The number of carbonyl (C=O) groups excluding carboxylic acids is 1. The van der Waals surface area contributed by atoms with E-state index < -0.39 is 5.97 Å². The van der Waals surface area contributed by atoms with Gasteiger partial charge in [0.15, 0.2) is 0 Å². The largest absolute Gasteiger partial charge is 0.507 e. The van der Waals surface area contributed by atoms with Gasteiger partial charge in [0.05, 0.1) is 0 Å². The van der Waals surface area contributed by atoms with Gasteiger partial charge in [-0.15, -0.1) is 11.3 Å². The molecule has 0 aliphatic carbocycles. The summed E-state index contributed by atoms with van der Waals surface area (Å²) in [5.74, 6) is -1.93. The molecule has 0 bridgehead atoms. The normalized spacial score (nSPS) is 11.2. The molecule has 0 unspecified atom stereocenters. The number of thiophene rings is 1. The molecule has 0 aliphatic heterocycles. The molecule has 6 heteroatoms. The van der Waals surface area contributed by atoms with E-state index >= 15 is 0 Å². The molecule has 5 nitrogen and oxygen atoms in total. The molecule has 1 amide bonds. The Bertz CT molecular complexity index is 704. The van der Waals surface area contributed by atoms with Crippen molar-refractivity contribution in [3.05, 3.63) is 51.7 Å². The van der Waals surface area contributed by atoms with E-state index in [4.69, 9.17) is 5.11 Å². The number of amides is 1. The van der Waals surface area contributed by atoms with E-state index in [0.29, 0.717) is 11.3 Å². The average molecular weight is 303 g/mol. The Kier molecular flexibility index (Phi) is 4.39. The molecule has 1 aromatic heterocycles. The molecule has 108 valence electrons. The van der Waals surface area contributed by atoms with Gasteiger partial charge in [-0.05, 0) is 36.6 Å². The summed E-state index contributed by atoms with van der Waals surface area (Å²) >= 11 is 1.52. The summed E-state index contributed by atoms with van der Waals surface area (Å²) in [7, 11) is 0. The summed E-state index contributed by atoms with van der Waals surface area (Å²) < 4.78 is 0. The summed E-state index contributed by atoms with van der Waals surface area (Å²) in [6.07, 6.45) is 1.76. The maximum atomic E-state index is 12.0. The molecular formula is C15H13NO4S. The molecule has 0 saturated heterocycles. The van der Waals surface area contributed by atoms with Crippen LogP contribution in [0.15, 0.2) is 41.3 Å². The van der Waals surface area contributed by atoms with Gasteiger partial charge in [-0.3, -0.25) is 4.79 Å². The maximum absolute atomic E-state index is 12.0. The van der Waals surface area contributed by atoms with Gasteiger partial charge in [-0.1, -0.05) is 6.07 Å². The first-order valence-electron chi connectivity index (χ1n) is 6.07. The summed E-state index contributed by atoms with van der Waals surface area (Å²) in [5, 5.41) is 22.9. The minimum absolute atomic E-state index is 0.209. The van der Waals surface area contributed by atoms with E-state index in [0.717, 1.165) is 4.88 Å². The molecule has 0 spiro atoms. The summed E-state index contributed by atoms with van der Waals surface area (Å²) in [4.78, 5) is 23.7. The monoisotopic (exact) mass is 303 g/mol. The number of anilines is 1. The average Bonchev–Trinajstić information content (AvgIpc) is 2.91. The number of phenols is 1. The van der Waals surface area contributed by atoms with Crippen LogP contribution in [0, 0.1) is 0 Å². The molecular weight excluding hydrogens is 290 g/mol. The summed E-state index contributed by atoms with van der Waals surface area (Å²) in [6.45, 7) is 1.68. The van der Waals surface area contributed by atoms with Gasteiger partial charge in [-0.25, -0.2) is 4.79 Å². The number of carboxylic acid groups (broad SMARTS) is 1. The maximum Gasteiger partial charge on any atom is 0.339 e. The number of nitrogens with one attached hydrogen (secondary N) is 1. The molecule has 2 rings (SSSR count). The van der Waals surface area contributed by atoms with Gasteiger partial charge in [0.2, 0.25) is 0 Å². The Morgan fingerprint density at radius 2 is 2.05 bits per heavy atom. The molecule has 2 aromatic rings. The lowest BCUT2D eigenvalue weighted by Gasteiger charge is -2.07. The van der Waals surface area contributed by atoms with Crippen molar-refractivity contribution in [3.8, 4) is 5.75 Å². The van der Waals surface area contributed by atoms with Gasteiger partial charge >= 0.3 is 5.97 Å². The van der Waals surface area contributed by atoms with E-state index in [9.17, 15) is 14.7 Å². The molecule has 1 aromatic carbocycles. The Labute approximate surface area is 125 Å². The van der Waals surface area contributed by atoms with Gasteiger partial charge in [-0.2, -0.15) is 0 Å². The van der Waals surface area contributed by atoms with Crippen LogP contribution >= 0.6 is 11.3 Å². The third kappa shape index (κ3) is 3.70. The zero-order valence-electron chi connectivity index (χ0n) is 11.2. The fraction of sp³-hybridized carbons (Fsp3) is 0.0667. The molecule has 21 heavy (non-hydrogen) atoms. The van der Waals surface area contributed by atoms with E-state index in [1.807, 2.05) is 17.5 Å². The molecule has 0 fully saturated rings. The number of hydrogen-bond acceptors (Lipinski definition) is 4. The third-order valence-electron chi connectivity index (χ3n) is 2.75. The van der Waals surface area contributed by atoms with Crippen LogP contribution in [0.3, 0.4) is 0 Å². The van der Waals surface area contributed by atoms with Crippen LogP contribution in [0.1, 0.15) is 22.2 Å². The lowest BCUT2D eigenvalue weighted by Crippen LogP contribution is -2.12. The van der Waals surface area contributed by atoms with Crippen LogP contribution in [-0.2, 0) is 4.79 Å². The highest BCUT2D eigenvalue weighted by molar-refractivity contribution is 7.10. The first-order chi connectivity index (χ1) is 9.97. The van der Waals surface area contributed by atoms with Crippen molar-refractivity contribution in [1.29, 1.82) is 0 Å². The van der Waals surface area contributed by atoms with Crippen LogP contribution in [0.5, 0.6) is 5.75 Å². The minimum atomic E-state index is -1.22. The number of aromatic hydroxyl groups is 1. The van der Waals surface area contributed by atoms with Crippen LogP contribution in [0.25, 0.3) is 6.08 Å². The number of aromatic carboxylic acids is 1. The Hall–Kier alpha value is -2.60. The predicted octanol–water partition coefficient (Wildman–Crippen LogP) is 3.19. The second kappa shape index (κ2) is 6.23. The first-order valence-corrected chi connectivity index (χ1v) is 6.95. The number of rotatable bonds is 4. The predicted molar refractivity (Wildman–Crippen MR) is 81.7 cm³/mol. The van der Waals surface area contributed by atoms with Crippen LogP contribution in [0.4, 0.5) is 5.69 Å². The number of hydrogen-bond donors (Lipinski definition) is 3. The Balaban J connectivity index is 2.13. The molecule has 0 saturated carbocycles. The van der Waals surface area contributed by atoms with Gasteiger partial charge in [0.1, 0.15) is 11.3 Å². The smallest absolute Gasteiger partial charge is 0.339 e. The zero-order valence-corrected chi connectivity index (χ0v) is 12.0. The molecule has 3 N–H and O–H groups in total. The molecule has 1 heterocycles. The quantitative estimate of drug-likeness (QED) is 0.757. The molecule has 0 atom stereocenters. The van der Waals surface area contributed by atoms with Gasteiger partial charge in [0.25, 0.3) is 5.91 Å². The Morgan fingerprint density at radius 1 is 1.29 bits per heavy atom. The SMILES string of the molecule is CC(=Cc1cccs1)C(=O)Nc1ccc(C(=O)O)c(O)c1. The van der Waals surface area contributed by atoms with Crippen LogP contribution in [0.2, 0.25) is 0 Å². The van der Waals surface area contributed by atoms with Crippen molar-refractivity contribution in [3.63, 3.8) is 0 Å². The van der Waals surface area contributed by atoms with E-state index in [2.05, 4.69) is 5.32 Å². The van der Waals surface area contributed by atoms with Crippen molar-refractivity contribution < 1.29 is 19.8 Å². The van der Waals surface area contributed by atoms with Crippen molar-refractivity contribution in [2.75, 3.05) is 5.32 Å². The zero-order chi connectivity index (χ0) is 15.4. The van der Waals surface area contributed by atoms with Crippen molar-refractivity contribution in [1.82, 2.24) is 0 Å².